The summed E-state index contributed by atoms with van der Waals surface area (Å²) >= 11 is 4.28. The zero-order valence-electron chi connectivity index (χ0n) is 13.0. The van der Waals surface area contributed by atoms with E-state index in [-0.39, 0.29) is 0 Å². The lowest BCUT2D eigenvalue weighted by Crippen LogP contribution is -2.03. The Labute approximate surface area is 141 Å². The zero-order valence-corrected chi connectivity index (χ0v) is 13.9. The van der Waals surface area contributed by atoms with Crippen molar-refractivity contribution in [2.45, 2.75) is 19.1 Å². The summed E-state index contributed by atoms with van der Waals surface area (Å²) in [5.41, 5.74) is 3.08. The monoisotopic (exact) mass is 325 g/mol. The van der Waals surface area contributed by atoms with Crippen molar-refractivity contribution >= 4 is 12.6 Å². The van der Waals surface area contributed by atoms with Gasteiger partial charge in [-0.2, -0.15) is 12.6 Å². The lowest BCUT2D eigenvalue weighted by Gasteiger charge is -2.06. The summed E-state index contributed by atoms with van der Waals surface area (Å²) in [6.45, 7) is 2.51. The molecule has 0 saturated heterocycles. The van der Waals surface area contributed by atoms with Crippen molar-refractivity contribution in [2.75, 3.05) is 6.61 Å². The molecule has 0 N–H and O–H groups in total. The van der Waals surface area contributed by atoms with Crippen LogP contribution in [0.4, 0.5) is 0 Å². The first kappa shape index (κ1) is 15.7. The number of nitrogens with zero attached hydrogens (tertiary/aromatic N) is 1. The average Bonchev–Trinajstić information content (AvgIpc) is 2.97. The molecule has 118 valence electrons. The third-order valence-corrected chi connectivity index (χ3v) is 3.97. The largest absolute Gasteiger partial charge is 0.493 e. The van der Waals surface area contributed by atoms with E-state index in [4.69, 9.17) is 9.15 Å². The lowest BCUT2D eigenvalue weighted by molar-refractivity contribution is 0.319. The van der Waals surface area contributed by atoms with Gasteiger partial charge in [-0.1, -0.05) is 30.3 Å². The van der Waals surface area contributed by atoms with Gasteiger partial charge in [-0.3, -0.25) is 0 Å². The topological polar surface area (TPSA) is 35.3 Å². The molecule has 0 spiro atoms. The molecule has 0 atom stereocenters. The van der Waals surface area contributed by atoms with Gasteiger partial charge in [0.1, 0.15) is 11.5 Å². The molecule has 0 unspecified atom stereocenters. The minimum absolute atomic E-state index is 0.567. The van der Waals surface area contributed by atoms with E-state index in [0.717, 1.165) is 28.3 Å². The van der Waals surface area contributed by atoms with Crippen molar-refractivity contribution in [3.8, 4) is 17.2 Å². The SMILES string of the molecule is Cc1oc(-c2ccccc2)nc1CCOc1cccc(CS)c1. The van der Waals surface area contributed by atoms with Crippen molar-refractivity contribution < 1.29 is 9.15 Å². The van der Waals surface area contributed by atoms with Crippen LogP contribution >= 0.6 is 12.6 Å². The Balaban J connectivity index is 1.63. The van der Waals surface area contributed by atoms with Crippen molar-refractivity contribution in [2.24, 2.45) is 0 Å². The van der Waals surface area contributed by atoms with Crippen LogP contribution in [0.3, 0.4) is 0 Å². The van der Waals surface area contributed by atoms with E-state index in [1.807, 2.05) is 61.5 Å². The molecular formula is C19H19NO2S. The fourth-order valence-electron chi connectivity index (χ4n) is 2.36. The molecule has 0 radical (unpaired) electrons. The van der Waals surface area contributed by atoms with Crippen molar-refractivity contribution in [1.29, 1.82) is 0 Å². The van der Waals surface area contributed by atoms with Crippen LogP contribution in [0.5, 0.6) is 5.75 Å². The van der Waals surface area contributed by atoms with E-state index in [2.05, 4.69) is 17.6 Å². The summed E-state index contributed by atoms with van der Waals surface area (Å²) in [4.78, 5) is 4.59. The number of benzene rings is 2. The maximum absolute atomic E-state index is 5.81. The highest BCUT2D eigenvalue weighted by Gasteiger charge is 2.11. The minimum Gasteiger partial charge on any atom is -0.493 e. The van der Waals surface area contributed by atoms with E-state index in [1.54, 1.807) is 0 Å². The first-order valence-electron chi connectivity index (χ1n) is 7.60. The molecule has 3 nitrogen and oxygen atoms in total. The predicted molar refractivity (Wildman–Crippen MR) is 95.0 cm³/mol. The van der Waals surface area contributed by atoms with E-state index in [1.165, 1.54) is 0 Å². The van der Waals surface area contributed by atoms with Crippen LogP contribution in [0.25, 0.3) is 11.5 Å². The van der Waals surface area contributed by atoms with Crippen molar-refractivity contribution in [1.82, 2.24) is 4.98 Å². The minimum atomic E-state index is 0.567. The molecule has 0 bridgehead atoms. The van der Waals surface area contributed by atoms with Crippen molar-refractivity contribution in [3.63, 3.8) is 0 Å². The summed E-state index contributed by atoms with van der Waals surface area (Å²) < 4.78 is 11.6. The maximum Gasteiger partial charge on any atom is 0.226 e. The average molecular weight is 325 g/mol. The highest BCUT2D eigenvalue weighted by molar-refractivity contribution is 7.79. The second-order valence-electron chi connectivity index (χ2n) is 5.29. The van der Waals surface area contributed by atoms with Gasteiger partial charge in [-0.15, -0.1) is 0 Å². The number of hydrogen-bond donors (Lipinski definition) is 1. The van der Waals surface area contributed by atoms with Crippen LogP contribution in [0.1, 0.15) is 17.0 Å². The lowest BCUT2D eigenvalue weighted by atomic mass is 10.2. The van der Waals surface area contributed by atoms with Crippen LogP contribution < -0.4 is 4.74 Å². The number of aryl methyl sites for hydroxylation is 1. The highest BCUT2D eigenvalue weighted by Crippen LogP contribution is 2.22. The van der Waals surface area contributed by atoms with Gasteiger partial charge in [0.05, 0.1) is 12.3 Å². The molecule has 4 heteroatoms. The summed E-state index contributed by atoms with van der Waals surface area (Å²) in [7, 11) is 0. The molecule has 0 fully saturated rings. The standard InChI is InChI=1S/C19H19NO2S/c1-14-18(20-19(22-14)16-7-3-2-4-8-16)10-11-21-17-9-5-6-15(12-17)13-23/h2-9,12,23H,10-11,13H2,1H3. The number of oxazole rings is 1. The van der Waals surface area contributed by atoms with Gasteiger partial charge < -0.3 is 9.15 Å². The molecule has 1 aromatic heterocycles. The number of thiol groups is 1. The van der Waals surface area contributed by atoms with Gasteiger partial charge in [-0.05, 0) is 36.8 Å². The smallest absolute Gasteiger partial charge is 0.226 e. The van der Waals surface area contributed by atoms with E-state index < -0.39 is 0 Å². The molecule has 0 amide bonds. The van der Waals surface area contributed by atoms with Gasteiger partial charge in [0.25, 0.3) is 0 Å². The van der Waals surface area contributed by atoms with Crippen molar-refractivity contribution in [3.05, 3.63) is 71.6 Å². The summed E-state index contributed by atoms with van der Waals surface area (Å²) in [6, 6.07) is 17.9. The summed E-state index contributed by atoms with van der Waals surface area (Å²) in [6.07, 6.45) is 0.716. The number of rotatable bonds is 6. The normalized spacial score (nSPS) is 10.7. The third-order valence-electron chi connectivity index (χ3n) is 3.60. The molecule has 0 aliphatic carbocycles. The molecule has 0 aliphatic rings. The van der Waals surface area contributed by atoms with Gasteiger partial charge in [0, 0.05) is 17.7 Å². The maximum atomic E-state index is 5.81. The molecule has 0 aliphatic heterocycles. The van der Waals surface area contributed by atoms with Crippen LogP contribution in [-0.4, -0.2) is 11.6 Å². The number of aromatic nitrogens is 1. The molecule has 3 rings (SSSR count). The van der Waals surface area contributed by atoms with Crippen LogP contribution in [-0.2, 0) is 12.2 Å². The Bertz CT molecular complexity index is 768. The van der Waals surface area contributed by atoms with Crippen LogP contribution in [0.15, 0.2) is 59.0 Å². The summed E-state index contributed by atoms with van der Waals surface area (Å²) in [5, 5.41) is 0. The van der Waals surface area contributed by atoms with Gasteiger partial charge in [-0.25, -0.2) is 4.98 Å². The van der Waals surface area contributed by atoms with Gasteiger partial charge in [0.15, 0.2) is 0 Å². The van der Waals surface area contributed by atoms with Gasteiger partial charge in [0.2, 0.25) is 5.89 Å². The predicted octanol–water partition coefficient (Wildman–Crippen LogP) is 4.70. The molecular weight excluding hydrogens is 306 g/mol. The second-order valence-corrected chi connectivity index (χ2v) is 5.61. The van der Waals surface area contributed by atoms with Crippen LogP contribution in [0.2, 0.25) is 0 Å². The first-order valence-corrected chi connectivity index (χ1v) is 8.24. The Morgan fingerprint density at radius 2 is 1.91 bits per heavy atom. The number of ether oxygens (including phenoxy) is 1. The van der Waals surface area contributed by atoms with E-state index in [0.29, 0.717) is 24.7 Å². The molecule has 23 heavy (non-hydrogen) atoms. The number of hydrogen-bond acceptors (Lipinski definition) is 4. The fourth-order valence-corrected chi connectivity index (χ4v) is 2.56. The Morgan fingerprint density at radius 3 is 2.70 bits per heavy atom. The Hall–Kier alpha value is -2.20. The molecule has 2 aromatic carbocycles. The molecule has 3 aromatic rings. The molecule has 1 heterocycles. The Kier molecular flexibility index (Phi) is 5.03. The highest BCUT2D eigenvalue weighted by atomic mass is 32.1. The molecule has 0 saturated carbocycles. The zero-order chi connectivity index (χ0) is 16.1. The van der Waals surface area contributed by atoms with E-state index >= 15 is 0 Å². The Morgan fingerprint density at radius 1 is 1.09 bits per heavy atom. The first-order chi connectivity index (χ1) is 11.3. The quantitative estimate of drug-likeness (QED) is 0.667. The summed E-state index contributed by atoms with van der Waals surface area (Å²) in [5.74, 6) is 3.08. The van der Waals surface area contributed by atoms with Crippen LogP contribution in [0, 0.1) is 6.92 Å². The van der Waals surface area contributed by atoms with Gasteiger partial charge >= 0.3 is 0 Å². The van der Waals surface area contributed by atoms with E-state index in [9.17, 15) is 0 Å². The second kappa shape index (κ2) is 7.38. The third kappa shape index (κ3) is 3.96. The fraction of sp³-hybridized carbons (Fsp3) is 0.211.